The summed E-state index contributed by atoms with van der Waals surface area (Å²) in [5, 5.41) is 3.06. The fraction of sp³-hybridized carbons (Fsp3) is 0.926. The molecule has 0 radical (unpaired) electrons. The fourth-order valence-corrected chi connectivity index (χ4v) is 8.97. The van der Waals surface area contributed by atoms with E-state index in [4.69, 9.17) is 0 Å². The van der Waals surface area contributed by atoms with Gasteiger partial charge in [-0.25, -0.2) is 0 Å². The lowest BCUT2D eigenvalue weighted by Gasteiger charge is -2.60. The third-order valence-electron chi connectivity index (χ3n) is 10.5. The summed E-state index contributed by atoms with van der Waals surface area (Å²) in [7, 11) is 0. The molecule has 0 spiro atoms. The van der Waals surface area contributed by atoms with Crippen LogP contribution >= 0.6 is 0 Å². The van der Waals surface area contributed by atoms with Crippen molar-refractivity contribution in [2.24, 2.45) is 46.3 Å². The molecule has 1 N–H and O–H groups in total. The van der Waals surface area contributed by atoms with Gasteiger partial charge in [-0.3, -0.25) is 9.59 Å². The van der Waals surface area contributed by atoms with Crippen LogP contribution in [-0.4, -0.2) is 17.7 Å². The van der Waals surface area contributed by atoms with Crippen molar-refractivity contribution in [1.29, 1.82) is 0 Å². The maximum Gasteiger partial charge on any atom is 0.220 e. The molecule has 3 nitrogen and oxygen atoms in total. The molecule has 0 heterocycles. The zero-order chi connectivity index (χ0) is 21.7. The van der Waals surface area contributed by atoms with Gasteiger partial charge in [-0.15, -0.1) is 0 Å². The first kappa shape index (κ1) is 22.3. The maximum absolute atomic E-state index is 12.2. The highest BCUT2D eigenvalue weighted by molar-refractivity contribution is 5.79. The number of amides is 1. The summed E-state index contributed by atoms with van der Waals surface area (Å²) in [5.74, 6) is 5.38. The third kappa shape index (κ3) is 3.77. The van der Waals surface area contributed by atoms with Crippen LogP contribution in [0.25, 0.3) is 0 Å². The van der Waals surface area contributed by atoms with Crippen LogP contribution in [0.2, 0.25) is 0 Å². The SMILES string of the molecule is CC(C)NC(=O)CC[C@@H](C)C1CCC2C3CCC4CC(=O)CC[C@]4(C)C3CC[C@@]21C. The second-order valence-corrected chi connectivity index (χ2v) is 12.4. The molecular formula is C27H45NO2. The van der Waals surface area contributed by atoms with Crippen molar-refractivity contribution in [1.82, 2.24) is 5.32 Å². The molecule has 5 unspecified atom stereocenters. The van der Waals surface area contributed by atoms with Crippen molar-refractivity contribution in [2.75, 3.05) is 0 Å². The number of hydrogen-bond acceptors (Lipinski definition) is 2. The highest BCUT2D eigenvalue weighted by Gasteiger charge is 2.60. The second-order valence-electron chi connectivity index (χ2n) is 12.4. The summed E-state index contributed by atoms with van der Waals surface area (Å²) in [5.41, 5.74) is 0.875. The van der Waals surface area contributed by atoms with E-state index in [2.05, 4.69) is 26.1 Å². The van der Waals surface area contributed by atoms with Crippen molar-refractivity contribution in [3.05, 3.63) is 0 Å². The zero-order valence-corrected chi connectivity index (χ0v) is 20.1. The fourth-order valence-electron chi connectivity index (χ4n) is 8.97. The average molecular weight is 416 g/mol. The molecular weight excluding hydrogens is 370 g/mol. The van der Waals surface area contributed by atoms with Crippen molar-refractivity contribution < 1.29 is 9.59 Å². The lowest BCUT2D eigenvalue weighted by Crippen LogP contribution is -2.53. The van der Waals surface area contributed by atoms with Gasteiger partial charge in [0.2, 0.25) is 5.91 Å². The Kier molecular flexibility index (Phi) is 6.14. The number of nitrogens with one attached hydrogen (secondary N) is 1. The van der Waals surface area contributed by atoms with Gasteiger partial charge in [-0.2, -0.15) is 0 Å². The van der Waals surface area contributed by atoms with E-state index in [1.807, 2.05) is 13.8 Å². The van der Waals surface area contributed by atoms with Crippen molar-refractivity contribution in [3.8, 4) is 0 Å². The molecule has 0 aliphatic heterocycles. The van der Waals surface area contributed by atoms with Gasteiger partial charge >= 0.3 is 0 Å². The van der Waals surface area contributed by atoms with Crippen LogP contribution in [0.1, 0.15) is 105 Å². The number of ketones is 1. The number of carbonyl (C=O) groups excluding carboxylic acids is 2. The van der Waals surface area contributed by atoms with Gasteiger partial charge in [0, 0.05) is 25.3 Å². The minimum atomic E-state index is 0.221. The molecule has 0 bridgehead atoms. The highest BCUT2D eigenvalue weighted by Crippen LogP contribution is 2.68. The van der Waals surface area contributed by atoms with E-state index in [0.29, 0.717) is 34.9 Å². The first-order valence-electron chi connectivity index (χ1n) is 13.0. The average Bonchev–Trinajstić information content (AvgIpc) is 3.03. The smallest absolute Gasteiger partial charge is 0.220 e. The minimum Gasteiger partial charge on any atom is -0.354 e. The summed E-state index contributed by atoms with van der Waals surface area (Å²) in [4.78, 5) is 24.3. The van der Waals surface area contributed by atoms with Crippen LogP contribution in [0.15, 0.2) is 0 Å². The Morgan fingerprint density at radius 3 is 2.47 bits per heavy atom. The number of rotatable bonds is 5. The first-order valence-corrected chi connectivity index (χ1v) is 13.0. The Bertz CT molecular complexity index is 672. The number of Topliss-reactive ketones (excluding diaryl/α,β-unsaturated/α-hetero) is 1. The number of fused-ring (bicyclic) bond motifs is 5. The van der Waals surface area contributed by atoms with E-state index in [9.17, 15) is 9.59 Å². The quantitative estimate of drug-likeness (QED) is 0.585. The summed E-state index contributed by atoms with van der Waals surface area (Å²) < 4.78 is 0. The molecule has 8 atom stereocenters. The van der Waals surface area contributed by atoms with Crippen LogP contribution < -0.4 is 5.32 Å². The van der Waals surface area contributed by atoms with Crippen LogP contribution in [-0.2, 0) is 9.59 Å². The molecule has 0 saturated heterocycles. The molecule has 0 aromatic carbocycles. The maximum atomic E-state index is 12.2. The molecule has 0 aromatic rings. The number of carbonyl (C=O) groups is 2. The van der Waals surface area contributed by atoms with E-state index >= 15 is 0 Å². The zero-order valence-electron chi connectivity index (χ0n) is 20.1. The Morgan fingerprint density at radius 1 is 1.00 bits per heavy atom. The third-order valence-corrected chi connectivity index (χ3v) is 10.5. The number of hydrogen-bond donors (Lipinski definition) is 1. The normalized spacial score (nSPS) is 44.2. The first-order chi connectivity index (χ1) is 14.1. The van der Waals surface area contributed by atoms with E-state index < -0.39 is 0 Å². The topological polar surface area (TPSA) is 46.2 Å². The summed E-state index contributed by atoms with van der Waals surface area (Å²) in [6, 6.07) is 0.239. The van der Waals surface area contributed by atoms with E-state index in [1.54, 1.807) is 0 Å². The predicted molar refractivity (Wildman–Crippen MR) is 122 cm³/mol. The molecule has 4 fully saturated rings. The lowest BCUT2D eigenvalue weighted by molar-refractivity contribution is -0.140. The molecule has 4 rings (SSSR count). The summed E-state index contributed by atoms with van der Waals surface area (Å²) >= 11 is 0. The van der Waals surface area contributed by atoms with Crippen molar-refractivity contribution in [3.63, 3.8) is 0 Å². The van der Waals surface area contributed by atoms with E-state index in [0.717, 1.165) is 49.4 Å². The molecule has 170 valence electrons. The highest BCUT2D eigenvalue weighted by atomic mass is 16.1. The van der Waals surface area contributed by atoms with Crippen molar-refractivity contribution in [2.45, 2.75) is 111 Å². The van der Waals surface area contributed by atoms with Crippen LogP contribution in [0.4, 0.5) is 0 Å². The Hall–Kier alpha value is -0.860. The van der Waals surface area contributed by atoms with Gasteiger partial charge in [0.25, 0.3) is 0 Å². The lowest BCUT2D eigenvalue weighted by atomic mass is 9.44. The molecule has 1 amide bonds. The standard InChI is InChI=1S/C27H45NO2/c1-17(2)28-25(30)11-6-18(3)22-9-10-23-21-8-7-19-16-20(29)12-14-26(19,4)24(21)13-15-27(22,23)5/h17-19,21-24H,6-16H2,1-5H3,(H,28,30)/t18-,19?,21?,22?,23?,24?,26+,27-/m1/s1. The van der Waals surface area contributed by atoms with Gasteiger partial charge in [-0.1, -0.05) is 20.8 Å². The second kappa shape index (κ2) is 8.24. The van der Waals surface area contributed by atoms with Crippen molar-refractivity contribution >= 4 is 11.7 Å². The molecule has 3 heteroatoms. The Labute approximate surface area is 184 Å². The predicted octanol–water partition coefficient (Wildman–Crippen LogP) is 6.16. The van der Waals surface area contributed by atoms with Gasteiger partial charge in [0.1, 0.15) is 5.78 Å². The molecule has 0 aromatic heterocycles. The van der Waals surface area contributed by atoms with Crippen LogP contribution in [0, 0.1) is 46.3 Å². The Balaban J connectivity index is 1.43. The van der Waals surface area contributed by atoms with E-state index in [1.165, 1.54) is 38.5 Å². The Morgan fingerprint density at radius 2 is 1.73 bits per heavy atom. The van der Waals surface area contributed by atoms with Gasteiger partial charge in [-0.05, 0) is 112 Å². The van der Waals surface area contributed by atoms with Gasteiger partial charge in [0.05, 0.1) is 0 Å². The van der Waals surface area contributed by atoms with Crippen LogP contribution in [0.5, 0.6) is 0 Å². The summed E-state index contributed by atoms with van der Waals surface area (Å²) in [6.07, 6.45) is 12.7. The van der Waals surface area contributed by atoms with Gasteiger partial charge in [0.15, 0.2) is 0 Å². The molecule has 30 heavy (non-hydrogen) atoms. The monoisotopic (exact) mass is 415 g/mol. The van der Waals surface area contributed by atoms with Gasteiger partial charge < -0.3 is 5.32 Å². The minimum absolute atomic E-state index is 0.221. The molecule has 4 aliphatic rings. The summed E-state index contributed by atoms with van der Waals surface area (Å²) in [6.45, 7) is 11.7. The molecule has 4 saturated carbocycles. The largest absolute Gasteiger partial charge is 0.354 e. The van der Waals surface area contributed by atoms with Crippen LogP contribution in [0.3, 0.4) is 0 Å². The molecule has 4 aliphatic carbocycles. The van der Waals surface area contributed by atoms with E-state index in [-0.39, 0.29) is 11.9 Å².